The topological polar surface area (TPSA) is 63.3 Å². The van der Waals surface area contributed by atoms with Crippen molar-refractivity contribution >= 4 is 17.7 Å². The highest BCUT2D eigenvalue weighted by atomic mass is 32.2. The van der Waals surface area contributed by atoms with Gasteiger partial charge >= 0.3 is 0 Å². The molecule has 1 unspecified atom stereocenters. The standard InChI is InChI=1S/C14H21NO2S/c1-18-8-7-12(10-16)13(14(15)17)9-11-5-3-2-4-6-11/h2-6,12-13,16H,7-10H2,1H3,(H2,15,17)/t12-,13?/m1/s1. The van der Waals surface area contributed by atoms with E-state index < -0.39 is 0 Å². The molecule has 1 aromatic carbocycles. The number of aliphatic hydroxyl groups is 1. The molecule has 1 rings (SSSR count). The number of amides is 1. The van der Waals surface area contributed by atoms with Gasteiger partial charge in [-0.3, -0.25) is 4.79 Å². The molecule has 0 saturated heterocycles. The number of aliphatic hydroxyl groups excluding tert-OH is 1. The van der Waals surface area contributed by atoms with Crippen molar-refractivity contribution in [3.8, 4) is 0 Å². The van der Waals surface area contributed by atoms with Crippen molar-refractivity contribution in [2.24, 2.45) is 17.6 Å². The van der Waals surface area contributed by atoms with Crippen LogP contribution in [0, 0.1) is 11.8 Å². The second-order valence-corrected chi connectivity index (χ2v) is 5.41. The van der Waals surface area contributed by atoms with Gasteiger partial charge < -0.3 is 10.8 Å². The Balaban J connectivity index is 2.71. The number of carbonyl (C=O) groups excluding carboxylic acids is 1. The summed E-state index contributed by atoms with van der Waals surface area (Å²) in [5.41, 5.74) is 6.56. The summed E-state index contributed by atoms with van der Waals surface area (Å²) in [6.07, 6.45) is 3.44. The highest BCUT2D eigenvalue weighted by molar-refractivity contribution is 7.98. The monoisotopic (exact) mass is 267 g/mol. The molecule has 3 nitrogen and oxygen atoms in total. The Bertz CT molecular complexity index is 356. The molecule has 0 radical (unpaired) electrons. The largest absolute Gasteiger partial charge is 0.396 e. The predicted octanol–water partition coefficient (Wildman–Crippen LogP) is 1.69. The van der Waals surface area contributed by atoms with Gasteiger partial charge in [0.25, 0.3) is 0 Å². The van der Waals surface area contributed by atoms with Gasteiger partial charge in [-0.1, -0.05) is 30.3 Å². The summed E-state index contributed by atoms with van der Waals surface area (Å²) in [6, 6.07) is 9.81. The minimum atomic E-state index is -0.320. The molecule has 3 N–H and O–H groups in total. The van der Waals surface area contributed by atoms with Crippen molar-refractivity contribution in [1.82, 2.24) is 0 Å². The molecule has 0 saturated carbocycles. The highest BCUT2D eigenvalue weighted by Crippen LogP contribution is 2.22. The van der Waals surface area contributed by atoms with Crippen LogP contribution in [0.2, 0.25) is 0 Å². The number of benzene rings is 1. The number of hydrogen-bond acceptors (Lipinski definition) is 3. The van der Waals surface area contributed by atoms with Crippen LogP contribution in [0.15, 0.2) is 30.3 Å². The number of hydrogen-bond donors (Lipinski definition) is 2. The molecule has 0 aromatic heterocycles. The van der Waals surface area contributed by atoms with Gasteiger partial charge in [-0.2, -0.15) is 11.8 Å². The van der Waals surface area contributed by atoms with Crippen LogP contribution >= 0.6 is 11.8 Å². The maximum Gasteiger partial charge on any atom is 0.221 e. The van der Waals surface area contributed by atoms with Crippen LogP contribution in [0.5, 0.6) is 0 Å². The first-order valence-electron chi connectivity index (χ1n) is 6.12. The quantitative estimate of drug-likeness (QED) is 0.753. The average Bonchev–Trinajstić information content (AvgIpc) is 2.39. The fraction of sp³-hybridized carbons (Fsp3) is 0.500. The van der Waals surface area contributed by atoms with E-state index >= 15 is 0 Å². The molecular formula is C14H21NO2S. The van der Waals surface area contributed by atoms with Crippen LogP contribution < -0.4 is 5.73 Å². The molecule has 1 amide bonds. The molecule has 1 aromatic rings. The fourth-order valence-corrected chi connectivity index (χ4v) is 2.59. The Morgan fingerprint density at radius 3 is 2.56 bits per heavy atom. The zero-order valence-electron chi connectivity index (χ0n) is 10.7. The summed E-state index contributed by atoms with van der Waals surface area (Å²) >= 11 is 1.72. The van der Waals surface area contributed by atoms with E-state index in [1.165, 1.54) is 0 Å². The molecule has 2 atom stereocenters. The third-order valence-electron chi connectivity index (χ3n) is 3.16. The van der Waals surface area contributed by atoms with E-state index in [4.69, 9.17) is 5.73 Å². The smallest absolute Gasteiger partial charge is 0.221 e. The summed E-state index contributed by atoms with van der Waals surface area (Å²) in [7, 11) is 0. The summed E-state index contributed by atoms with van der Waals surface area (Å²) in [4.78, 5) is 11.6. The first-order chi connectivity index (χ1) is 8.69. The predicted molar refractivity (Wildman–Crippen MR) is 76.4 cm³/mol. The average molecular weight is 267 g/mol. The van der Waals surface area contributed by atoms with Crippen LogP contribution in [0.1, 0.15) is 12.0 Å². The van der Waals surface area contributed by atoms with Gasteiger partial charge in [-0.25, -0.2) is 0 Å². The van der Waals surface area contributed by atoms with Crippen molar-refractivity contribution in [3.05, 3.63) is 35.9 Å². The summed E-state index contributed by atoms with van der Waals surface area (Å²) < 4.78 is 0. The van der Waals surface area contributed by atoms with Crippen molar-refractivity contribution in [1.29, 1.82) is 0 Å². The molecule has 0 heterocycles. The Labute approximate surface area is 113 Å². The molecular weight excluding hydrogens is 246 g/mol. The maximum absolute atomic E-state index is 11.6. The molecule has 0 aliphatic heterocycles. The van der Waals surface area contributed by atoms with Crippen LogP contribution in [0.4, 0.5) is 0 Å². The van der Waals surface area contributed by atoms with E-state index in [9.17, 15) is 9.90 Å². The van der Waals surface area contributed by atoms with E-state index in [0.717, 1.165) is 17.7 Å². The van der Waals surface area contributed by atoms with Gasteiger partial charge in [0.2, 0.25) is 5.91 Å². The van der Waals surface area contributed by atoms with Gasteiger partial charge in [0.05, 0.1) is 0 Å². The van der Waals surface area contributed by atoms with Crippen LogP contribution in [0.3, 0.4) is 0 Å². The van der Waals surface area contributed by atoms with Gasteiger partial charge in [0.1, 0.15) is 0 Å². The number of carbonyl (C=O) groups is 1. The number of thioether (sulfide) groups is 1. The Morgan fingerprint density at radius 2 is 2.06 bits per heavy atom. The van der Waals surface area contributed by atoms with E-state index in [-0.39, 0.29) is 24.3 Å². The van der Waals surface area contributed by atoms with Gasteiger partial charge in [0.15, 0.2) is 0 Å². The zero-order valence-corrected chi connectivity index (χ0v) is 11.5. The second kappa shape index (κ2) is 8.16. The first-order valence-corrected chi connectivity index (χ1v) is 7.51. The summed E-state index contributed by atoms with van der Waals surface area (Å²) in [5, 5.41) is 9.43. The zero-order chi connectivity index (χ0) is 13.4. The number of rotatable bonds is 8. The Morgan fingerprint density at radius 1 is 1.39 bits per heavy atom. The van der Waals surface area contributed by atoms with E-state index in [0.29, 0.717) is 6.42 Å². The minimum Gasteiger partial charge on any atom is -0.396 e. The van der Waals surface area contributed by atoms with Crippen molar-refractivity contribution < 1.29 is 9.90 Å². The van der Waals surface area contributed by atoms with E-state index in [1.807, 2.05) is 36.6 Å². The lowest BCUT2D eigenvalue weighted by molar-refractivity contribution is -0.124. The lowest BCUT2D eigenvalue weighted by Crippen LogP contribution is -2.34. The first kappa shape index (κ1) is 15.1. The van der Waals surface area contributed by atoms with Crippen LogP contribution in [0.25, 0.3) is 0 Å². The molecule has 0 spiro atoms. The molecule has 0 bridgehead atoms. The second-order valence-electron chi connectivity index (χ2n) is 4.42. The summed E-state index contributed by atoms with van der Waals surface area (Å²) in [5.74, 6) is 0.280. The lowest BCUT2D eigenvalue weighted by Gasteiger charge is -2.22. The van der Waals surface area contributed by atoms with Gasteiger partial charge in [0, 0.05) is 12.5 Å². The van der Waals surface area contributed by atoms with Gasteiger partial charge in [-0.15, -0.1) is 0 Å². The molecule has 0 aliphatic carbocycles. The van der Waals surface area contributed by atoms with Crippen molar-refractivity contribution in [3.63, 3.8) is 0 Å². The third-order valence-corrected chi connectivity index (χ3v) is 3.80. The molecule has 0 aliphatic rings. The van der Waals surface area contributed by atoms with Gasteiger partial charge in [-0.05, 0) is 36.3 Å². The highest BCUT2D eigenvalue weighted by Gasteiger charge is 2.25. The Kier molecular flexibility index (Phi) is 6.83. The molecule has 4 heteroatoms. The number of primary amides is 1. The molecule has 18 heavy (non-hydrogen) atoms. The minimum absolute atomic E-state index is 0.0149. The maximum atomic E-state index is 11.6. The van der Waals surface area contributed by atoms with E-state index in [1.54, 1.807) is 11.8 Å². The molecule has 0 fully saturated rings. The third kappa shape index (κ3) is 4.70. The summed E-state index contributed by atoms with van der Waals surface area (Å²) in [6.45, 7) is 0.0149. The SMILES string of the molecule is CSCC[C@H](CO)C(Cc1ccccc1)C(N)=O. The Hall–Kier alpha value is -1.00. The van der Waals surface area contributed by atoms with Crippen molar-refractivity contribution in [2.75, 3.05) is 18.6 Å². The van der Waals surface area contributed by atoms with E-state index in [2.05, 4.69) is 0 Å². The van der Waals surface area contributed by atoms with Crippen molar-refractivity contribution in [2.45, 2.75) is 12.8 Å². The lowest BCUT2D eigenvalue weighted by atomic mass is 9.85. The molecule has 100 valence electrons. The normalized spacial score (nSPS) is 14.1. The van der Waals surface area contributed by atoms with Crippen LogP contribution in [-0.4, -0.2) is 29.6 Å². The fourth-order valence-electron chi connectivity index (χ4n) is 2.06. The number of nitrogens with two attached hydrogens (primary N) is 1. The van der Waals surface area contributed by atoms with Crippen LogP contribution in [-0.2, 0) is 11.2 Å².